The zero-order valence-electron chi connectivity index (χ0n) is 10.9. The van der Waals surface area contributed by atoms with Gasteiger partial charge in [-0.05, 0) is 18.2 Å². The maximum absolute atomic E-state index is 11.8. The summed E-state index contributed by atoms with van der Waals surface area (Å²) >= 11 is 6.99. The number of benzene rings is 1. The molecule has 0 atom stereocenters. The Hall–Kier alpha value is -2.12. The third-order valence-corrected chi connectivity index (χ3v) is 3.41. The second-order valence-corrected chi connectivity index (χ2v) is 5.36. The van der Waals surface area contributed by atoms with Crippen LogP contribution in [0.15, 0.2) is 23.6 Å². The van der Waals surface area contributed by atoms with Gasteiger partial charge in [-0.1, -0.05) is 11.6 Å². The lowest BCUT2D eigenvalue weighted by Crippen LogP contribution is -2.07. The minimum atomic E-state index is -0.705. The molecule has 0 aliphatic heterocycles. The average Bonchev–Trinajstić information content (AvgIpc) is 2.85. The number of nitrogens with one attached hydrogen (secondary N) is 1. The highest BCUT2D eigenvalue weighted by Gasteiger charge is 2.14. The molecule has 0 fully saturated rings. The van der Waals surface area contributed by atoms with Gasteiger partial charge in [0.05, 0.1) is 5.69 Å². The fourth-order valence-electron chi connectivity index (χ4n) is 1.47. The van der Waals surface area contributed by atoms with Crippen LogP contribution >= 0.6 is 22.9 Å². The van der Waals surface area contributed by atoms with Crippen molar-refractivity contribution in [3.63, 3.8) is 0 Å². The number of esters is 1. The molecule has 0 saturated heterocycles. The summed E-state index contributed by atoms with van der Waals surface area (Å²) in [5, 5.41) is 14.5. The van der Waals surface area contributed by atoms with E-state index in [4.69, 9.17) is 16.3 Å². The van der Waals surface area contributed by atoms with Crippen LogP contribution in [0.1, 0.15) is 23.0 Å². The molecule has 0 unspecified atom stereocenters. The summed E-state index contributed by atoms with van der Waals surface area (Å²) < 4.78 is 5.04. The third kappa shape index (κ3) is 4.17. The Morgan fingerprint density at radius 1 is 1.48 bits per heavy atom. The first kappa shape index (κ1) is 15.3. The van der Waals surface area contributed by atoms with Gasteiger partial charge in [0.1, 0.15) is 17.9 Å². The number of aromatic nitrogens is 1. The number of rotatable bonds is 4. The van der Waals surface area contributed by atoms with Crippen molar-refractivity contribution in [3.05, 3.63) is 39.9 Å². The number of anilines is 1. The Labute approximate surface area is 129 Å². The van der Waals surface area contributed by atoms with E-state index in [1.165, 1.54) is 36.5 Å². The molecular formula is C13H11ClN2O4S. The number of halogens is 1. The number of amides is 1. The number of ether oxygens (including phenoxy) is 1. The lowest BCUT2D eigenvalue weighted by molar-refractivity contribution is -0.114. The van der Waals surface area contributed by atoms with Crippen molar-refractivity contribution in [1.82, 2.24) is 4.98 Å². The van der Waals surface area contributed by atoms with E-state index in [9.17, 15) is 14.7 Å². The largest absolute Gasteiger partial charge is 0.507 e. The number of nitrogens with zero attached hydrogens (tertiary/aromatic N) is 1. The molecule has 0 radical (unpaired) electrons. The van der Waals surface area contributed by atoms with Crippen LogP contribution in [-0.4, -0.2) is 22.0 Å². The van der Waals surface area contributed by atoms with Crippen LogP contribution in [0.25, 0.3) is 0 Å². The molecule has 8 heteroatoms. The molecule has 110 valence electrons. The van der Waals surface area contributed by atoms with Crippen LogP contribution in [0.4, 0.5) is 5.13 Å². The summed E-state index contributed by atoms with van der Waals surface area (Å²) in [6, 6.07) is 4.10. The molecule has 2 aromatic rings. The standard InChI is InChI=1S/C13H11ClN2O4S/c1-7(17)15-13-16-9(6-21-13)5-20-12(19)10-4-8(14)2-3-11(10)18/h2-4,6,18H,5H2,1H3,(H,15,16,17). The van der Waals surface area contributed by atoms with Gasteiger partial charge in [-0.15, -0.1) is 11.3 Å². The van der Waals surface area contributed by atoms with Crippen molar-refractivity contribution in [3.8, 4) is 5.75 Å². The Bertz CT molecular complexity index is 687. The Morgan fingerprint density at radius 2 is 2.24 bits per heavy atom. The minimum absolute atomic E-state index is 0.0141. The number of hydrogen-bond donors (Lipinski definition) is 2. The summed E-state index contributed by atoms with van der Waals surface area (Å²) in [6.45, 7) is 1.31. The van der Waals surface area contributed by atoms with Crippen molar-refractivity contribution < 1.29 is 19.4 Å². The molecule has 0 bridgehead atoms. The average molecular weight is 327 g/mol. The second-order valence-electron chi connectivity index (χ2n) is 4.06. The van der Waals surface area contributed by atoms with Crippen molar-refractivity contribution >= 4 is 39.9 Å². The normalized spacial score (nSPS) is 10.2. The van der Waals surface area contributed by atoms with Gasteiger partial charge in [0, 0.05) is 17.3 Å². The molecule has 1 heterocycles. The molecule has 1 aromatic heterocycles. The molecular weight excluding hydrogens is 316 g/mol. The van der Waals surface area contributed by atoms with Crippen molar-refractivity contribution in [2.75, 3.05) is 5.32 Å². The van der Waals surface area contributed by atoms with Gasteiger partial charge in [-0.3, -0.25) is 4.79 Å². The quantitative estimate of drug-likeness (QED) is 0.843. The number of hydrogen-bond acceptors (Lipinski definition) is 6. The molecule has 6 nitrogen and oxygen atoms in total. The zero-order chi connectivity index (χ0) is 15.4. The van der Waals surface area contributed by atoms with E-state index in [1.54, 1.807) is 5.38 Å². The summed E-state index contributed by atoms with van der Waals surface area (Å²) in [4.78, 5) is 26.8. The molecule has 0 spiro atoms. The van der Waals surface area contributed by atoms with E-state index < -0.39 is 5.97 Å². The molecule has 2 N–H and O–H groups in total. The Kier molecular flexibility index (Phi) is 4.77. The molecule has 21 heavy (non-hydrogen) atoms. The molecule has 1 amide bonds. The SMILES string of the molecule is CC(=O)Nc1nc(COC(=O)c2cc(Cl)ccc2O)cs1. The lowest BCUT2D eigenvalue weighted by Gasteiger charge is -2.05. The fraction of sp³-hybridized carbons (Fsp3) is 0.154. The summed E-state index contributed by atoms with van der Waals surface area (Å²) in [5.74, 6) is -1.14. The molecule has 0 saturated carbocycles. The van der Waals surface area contributed by atoms with Gasteiger partial charge in [0.25, 0.3) is 0 Å². The highest BCUT2D eigenvalue weighted by Crippen LogP contribution is 2.23. The summed E-state index contributed by atoms with van der Waals surface area (Å²) in [6.07, 6.45) is 0. The van der Waals surface area contributed by atoms with Crippen molar-refractivity contribution in [2.24, 2.45) is 0 Å². The number of carbonyl (C=O) groups is 2. The Morgan fingerprint density at radius 3 is 2.95 bits per heavy atom. The smallest absolute Gasteiger partial charge is 0.342 e. The summed E-state index contributed by atoms with van der Waals surface area (Å²) in [5.41, 5.74) is 0.485. The number of thiazole rings is 1. The number of carbonyl (C=O) groups excluding carboxylic acids is 2. The van der Waals surface area contributed by atoms with Crippen molar-refractivity contribution in [2.45, 2.75) is 13.5 Å². The minimum Gasteiger partial charge on any atom is -0.507 e. The highest BCUT2D eigenvalue weighted by molar-refractivity contribution is 7.13. The van der Waals surface area contributed by atoms with Crippen LogP contribution in [0.2, 0.25) is 5.02 Å². The van der Waals surface area contributed by atoms with E-state index in [0.29, 0.717) is 15.8 Å². The van der Waals surface area contributed by atoms with Gasteiger partial charge in [0.15, 0.2) is 5.13 Å². The monoisotopic (exact) mass is 326 g/mol. The van der Waals surface area contributed by atoms with E-state index in [2.05, 4.69) is 10.3 Å². The van der Waals surface area contributed by atoms with Crippen LogP contribution in [0.3, 0.4) is 0 Å². The summed E-state index contributed by atoms with van der Waals surface area (Å²) in [7, 11) is 0. The van der Waals surface area contributed by atoms with Crippen LogP contribution in [-0.2, 0) is 16.1 Å². The van der Waals surface area contributed by atoms with E-state index in [-0.39, 0.29) is 23.8 Å². The third-order valence-electron chi connectivity index (χ3n) is 2.36. The maximum atomic E-state index is 11.8. The van der Waals surface area contributed by atoms with Crippen LogP contribution in [0, 0.1) is 0 Å². The Balaban J connectivity index is 1.99. The van der Waals surface area contributed by atoms with Gasteiger partial charge < -0.3 is 15.2 Å². The van der Waals surface area contributed by atoms with Gasteiger partial charge in [-0.2, -0.15) is 0 Å². The molecule has 2 rings (SSSR count). The lowest BCUT2D eigenvalue weighted by atomic mass is 10.2. The van der Waals surface area contributed by atoms with Gasteiger partial charge in [-0.25, -0.2) is 9.78 Å². The van der Waals surface area contributed by atoms with E-state index in [1.807, 2.05) is 0 Å². The number of aromatic hydroxyl groups is 1. The number of phenols is 1. The van der Waals surface area contributed by atoms with E-state index in [0.717, 1.165) is 0 Å². The highest BCUT2D eigenvalue weighted by atomic mass is 35.5. The first-order valence-corrected chi connectivity index (χ1v) is 7.09. The second kappa shape index (κ2) is 6.55. The molecule has 1 aromatic carbocycles. The molecule has 0 aliphatic carbocycles. The van der Waals surface area contributed by atoms with Gasteiger partial charge in [0.2, 0.25) is 5.91 Å². The van der Waals surface area contributed by atoms with Crippen LogP contribution in [0.5, 0.6) is 5.75 Å². The van der Waals surface area contributed by atoms with E-state index >= 15 is 0 Å². The molecule has 0 aliphatic rings. The van der Waals surface area contributed by atoms with Gasteiger partial charge >= 0.3 is 5.97 Å². The first-order chi connectivity index (χ1) is 9.95. The predicted octanol–water partition coefficient (Wildman–Crippen LogP) is 2.82. The first-order valence-electron chi connectivity index (χ1n) is 5.83. The maximum Gasteiger partial charge on any atom is 0.342 e. The predicted molar refractivity (Wildman–Crippen MR) is 78.7 cm³/mol. The van der Waals surface area contributed by atoms with Crippen LogP contribution < -0.4 is 5.32 Å². The zero-order valence-corrected chi connectivity index (χ0v) is 12.5. The number of phenolic OH excluding ortho intramolecular Hbond substituents is 1. The topological polar surface area (TPSA) is 88.5 Å². The fourth-order valence-corrected chi connectivity index (χ4v) is 2.38. The van der Waals surface area contributed by atoms with Crippen molar-refractivity contribution in [1.29, 1.82) is 0 Å².